The van der Waals surface area contributed by atoms with Crippen LogP contribution in [0.25, 0.3) is 11.7 Å². The molecule has 0 aliphatic carbocycles. The van der Waals surface area contributed by atoms with Crippen molar-refractivity contribution in [2.45, 2.75) is 4.90 Å². The van der Waals surface area contributed by atoms with Crippen LogP contribution in [0.15, 0.2) is 50.3 Å². The highest BCUT2D eigenvalue weighted by Gasteiger charge is 2.29. The molecule has 4 rings (SSSR count). The van der Waals surface area contributed by atoms with Crippen molar-refractivity contribution in [3.05, 3.63) is 53.7 Å². The van der Waals surface area contributed by atoms with Gasteiger partial charge in [0.25, 0.3) is 11.8 Å². The molecule has 10 nitrogen and oxygen atoms in total. The highest BCUT2D eigenvalue weighted by Crippen LogP contribution is 2.29. The third-order valence-corrected chi connectivity index (χ3v) is 6.46. The largest absolute Gasteiger partial charge is 0.459 e. The number of piperazine rings is 1. The first-order valence-electron chi connectivity index (χ1n) is 9.56. The number of rotatable bonds is 5. The van der Waals surface area contributed by atoms with E-state index in [1.165, 1.54) is 18.2 Å². The maximum atomic E-state index is 14.3. The van der Waals surface area contributed by atoms with Gasteiger partial charge in [0.15, 0.2) is 5.76 Å². The Labute approximate surface area is 182 Å². The number of carbonyl (C=O) groups excluding carboxylic acids is 1. The van der Waals surface area contributed by atoms with Crippen LogP contribution < -0.4 is 9.62 Å². The minimum absolute atomic E-state index is 0.0900. The van der Waals surface area contributed by atoms with Crippen LogP contribution in [-0.4, -0.2) is 57.4 Å². The number of nitrogens with one attached hydrogen (secondary N) is 1. The predicted molar refractivity (Wildman–Crippen MR) is 110 cm³/mol. The summed E-state index contributed by atoms with van der Waals surface area (Å²) in [5.41, 5.74) is -0.237. The van der Waals surface area contributed by atoms with Crippen molar-refractivity contribution in [3.8, 4) is 17.7 Å². The molecule has 0 radical (unpaired) electrons. The number of anilines is 1. The second-order valence-electron chi connectivity index (χ2n) is 6.89. The fraction of sp³-hybridized carbons (Fsp3) is 0.250. The molecule has 1 aromatic carbocycles. The Morgan fingerprint density at radius 2 is 2.00 bits per heavy atom. The number of sulfonamides is 1. The smallest absolute Gasteiger partial charge is 0.266 e. The van der Waals surface area contributed by atoms with Crippen molar-refractivity contribution in [3.63, 3.8) is 0 Å². The van der Waals surface area contributed by atoms with E-state index in [1.54, 1.807) is 17.0 Å². The number of aromatic nitrogens is 1. The van der Waals surface area contributed by atoms with Gasteiger partial charge in [-0.1, -0.05) is 0 Å². The van der Waals surface area contributed by atoms with E-state index in [0.29, 0.717) is 18.8 Å². The van der Waals surface area contributed by atoms with Gasteiger partial charge in [-0.05, 0) is 37.4 Å². The molecule has 1 fully saturated rings. The average molecular weight is 459 g/mol. The fourth-order valence-corrected chi connectivity index (χ4v) is 4.10. The summed E-state index contributed by atoms with van der Waals surface area (Å²) in [6.07, 6.45) is 1.46. The van der Waals surface area contributed by atoms with Gasteiger partial charge in [0.1, 0.15) is 11.9 Å². The highest BCUT2D eigenvalue weighted by molar-refractivity contribution is 7.89. The predicted octanol–water partition coefficient (Wildman–Crippen LogP) is 1.82. The number of benzene rings is 1. The number of amides is 1. The Morgan fingerprint density at radius 1 is 1.25 bits per heavy atom. The lowest BCUT2D eigenvalue weighted by Gasteiger charge is -2.34. The summed E-state index contributed by atoms with van der Waals surface area (Å²) in [7, 11) is -2.59. The molecule has 1 N–H and O–H groups in total. The number of nitriles is 1. The number of hydrogen-bond acceptors (Lipinski definition) is 8. The van der Waals surface area contributed by atoms with Crippen LogP contribution in [0.4, 0.5) is 10.3 Å². The zero-order valence-corrected chi connectivity index (χ0v) is 17.7. The minimum atomic E-state index is -3.82. The van der Waals surface area contributed by atoms with Gasteiger partial charge in [-0.25, -0.2) is 17.5 Å². The maximum absolute atomic E-state index is 14.3. The molecule has 0 saturated carbocycles. The summed E-state index contributed by atoms with van der Waals surface area (Å²) in [6.45, 7) is 1.04. The fourth-order valence-electron chi connectivity index (χ4n) is 3.34. The van der Waals surface area contributed by atoms with Gasteiger partial charge in [0.2, 0.25) is 21.6 Å². The number of carbonyl (C=O) groups is 1. The number of hydrogen-bond donors (Lipinski definition) is 1. The number of oxazole rings is 1. The van der Waals surface area contributed by atoms with Crippen LogP contribution in [0.3, 0.4) is 0 Å². The van der Waals surface area contributed by atoms with E-state index in [2.05, 4.69) is 9.71 Å². The first-order chi connectivity index (χ1) is 15.3. The molecular formula is C20H18FN5O5S. The van der Waals surface area contributed by atoms with Crippen LogP contribution >= 0.6 is 0 Å². The SMILES string of the molecule is CNS(=O)(=O)c1ccc(F)c(C(=O)N2CCN(c3oc(-c4ccco4)nc3C#N)CC2)c1. The summed E-state index contributed by atoms with van der Waals surface area (Å²) < 4.78 is 51.4. The van der Waals surface area contributed by atoms with Crippen molar-refractivity contribution < 1.29 is 26.4 Å². The van der Waals surface area contributed by atoms with Crippen molar-refractivity contribution in [1.82, 2.24) is 14.6 Å². The summed E-state index contributed by atoms with van der Waals surface area (Å²) in [6, 6.07) is 8.39. The third kappa shape index (κ3) is 3.95. The molecule has 1 saturated heterocycles. The Kier molecular flexibility index (Phi) is 5.68. The molecular weight excluding hydrogens is 441 g/mol. The van der Waals surface area contributed by atoms with Gasteiger partial charge in [-0.15, -0.1) is 0 Å². The van der Waals surface area contributed by atoms with Gasteiger partial charge in [-0.3, -0.25) is 4.79 Å². The van der Waals surface area contributed by atoms with E-state index in [4.69, 9.17) is 8.83 Å². The number of furan rings is 1. The molecule has 32 heavy (non-hydrogen) atoms. The maximum Gasteiger partial charge on any atom is 0.266 e. The molecule has 0 spiro atoms. The first kappa shape index (κ1) is 21.5. The number of halogens is 1. The normalized spacial score (nSPS) is 14.4. The highest BCUT2D eigenvalue weighted by atomic mass is 32.2. The van der Waals surface area contributed by atoms with Gasteiger partial charge in [0.05, 0.1) is 16.7 Å². The third-order valence-electron chi connectivity index (χ3n) is 5.05. The van der Waals surface area contributed by atoms with Crippen LogP contribution in [0, 0.1) is 17.1 Å². The molecule has 0 atom stereocenters. The average Bonchev–Trinajstić information content (AvgIpc) is 3.49. The van der Waals surface area contributed by atoms with Crippen LogP contribution in [0.2, 0.25) is 0 Å². The summed E-state index contributed by atoms with van der Waals surface area (Å²) in [5, 5.41) is 9.40. The Morgan fingerprint density at radius 3 is 2.62 bits per heavy atom. The topological polar surface area (TPSA) is 133 Å². The monoisotopic (exact) mass is 459 g/mol. The zero-order chi connectivity index (χ0) is 22.9. The Bertz CT molecular complexity index is 1290. The Balaban J connectivity index is 1.51. The summed E-state index contributed by atoms with van der Waals surface area (Å²) >= 11 is 0. The van der Waals surface area contributed by atoms with Crippen molar-refractivity contribution in [2.24, 2.45) is 0 Å². The molecule has 3 heterocycles. The van der Waals surface area contributed by atoms with E-state index in [0.717, 1.165) is 18.2 Å². The van der Waals surface area contributed by atoms with Crippen LogP contribution in [0.1, 0.15) is 16.1 Å². The van der Waals surface area contributed by atoms with E-state index in [-0.39, 0.29) is 41.0 Å². The minimum Gasteiger partial charge on any atom is -0.459 e. The van der Waals surface area contributed by atoms with Crippen LogP contribution in [-0.2, 0) is 10.0 Å². The molecule has 166 valence electrons. The molecule has 3 aromatic rings. The summed E-state index contributed by atoms with van der Waals surface area (Å²) in [4.78, 5) is 20.0. The Hall–Kier alpha value is -3.69. The molecule has 0 bridgehead atoms. The lowest BCUT2D eigenvalue weighted by Crippen LogP contribution is -2.49. The standard InChI is InChI=1S/C20H18FN5O5S/c1-23-32(28,29)13-4-5-15(21)14(11-13)19(27)25-6-8-26(9-7-25)20-16(12-22)24-18(31-20)17-3-2-10-30-17/h2-5,10-11,23H,6-9H2,1H3. The van der Waals surface area contributed by atoms with Crippen molar-refractivity contribution in [1.29, 1.82) is 5.26 Å². The molecule has 1 aliphatic rings. The molecule has 12 heteroatoms. The van der Waals surface area contributed by atoms with E-state index in [9.17, 15) is 22.9 Å². The second-order valence-corrected chi connectivity index (χ2v) is 8.78. The molecule has 0 unspecified atom stereocenters. The van der Waals surface area contributed by atoms with E-state index in [1.807, 2.05) is 6.07 Å². The second kappa shape index (κ2) is 8.45. The summed E-state index contributed by atoms with van der Waals surface area (Å²) in [5.74, 6) is -0.611. The molecule has 1 aliphatic heterocycles. The van der Waals surface area contributed by atoms with E-state index >= 15 is 0 Å². The first-order valence-corrected chi connectivity index (χ1v) is 11.0. The number of nitrogens with zero attached hydrogens (tertiary/aromatic N) is 4. The zero-order valence-electron chi connectivity index (χ0n) is 16.9. The van der Waals surface area contributed by atoms with Crippen molar-refractivity contribution in [2.75, 3.05) is 38.1 Å². The lowest BCUT2D eigenvalue weighted by molar-refractivity contribution is 0.0740. The van der Waals surface area contributed by atoms with E-state index < -0.39 is 21.7 Å². The van der Waals surface area contributed by atoms with Gasteiger partial charge < -0.3 is 18.6 Å². The lowest BCUT2D eigenvalue weighted by atomic mass is 10.1. The molecule has 2 aromatic heterocycles. The molecule has 1 amide bonds. The van der Waals surface area contributed by atoms with Crippen molar-refractivity contribution >= 4 is 21.8 Å². The van der Waals surface area contributed by atoms with Gasteiger partial charge >= 0.3 is 0 Å². The van der Waals surface area contributed by atoms with Gasteiger partial charge in [-0.2, -0.15) is 10.2 Å². The van der Waals surface area contributed by atoms with Gasteiger partial charge in [0, 0.05) is 26.2 Å². The quantitative estimate of drug-likeness (QED) is 0.611. The van der Waals surface area contributed by atoms with Crippen LogP contribution in [0.5, 0.6) is 0 Å².